The molecule has 21 heavy (non-hydrogen) atoms. The number of nitrogens with one attached hydrogen (secondary N) is 1. The Balaban J connectivity index is 2.28. The van der Waals surface area contributed by atoms with E-state index in [1.807, 2.05) is 23.7 Å². The summed E-state index contributed by atoms with van der Waals surface area (Å²) in [7, 11) is 0. The van der Waals surface area contributed by atoms with Gasteiger partial charge in [0.05, 0.1) is 5.69 Å². The summed E-state index contributed by atoms with van der Waals surface area (Å²) >= 11 is 1.82. The molecule has 0 aliphatic carbocycles. The van der Waals surface area contributed by atoms with Crippen LogP contribution < -0.4 is 5.32 Å². The summed E-state index contributed by atoms with van der Waals surface area (Å²) in [6.07, 6.45) is 5.97. The maximum absolute atomic E-state index is 4.91. The van der Waals surface area contributed by atoms with Crippen LogP contribution in [0.25, 0.3) is 10.6 Å². The average Bonchev–Trinajstić information content (AvgIpc) is 2.82. The summed E-state index contributed by atoms with van der Waals surface area (Å²) in [5.41, 5.74) is 3.65. The fourth-order valence-electron chi connectivity index (χ4n) is 2.27. The lowest BCUT2D eigenvalue weighted by atomic mass is 10.1. The van der Waals surface area contributed by atoms with Gasteiger partial charge in [-0.2, -0.15) is 0 Å². The molecule has 0 amide bonds. The van der Waals surface area contributed by atoms with Crippen molar-refractivity contribution in [2.45, 2.75) is 47.1 Å². The van der Waals surface area contributed by atoms with E-state index in [0.717, 1.165) is 30.9 Å². The van der Waals surface area contributed by atoms with E-state index in [9.17, 15) is 0 Å². The molecule has 2 aromatic heterocycles. The average molecular weight is 303 g/mol. The molecule has 2 rings (SSSR count). The minimum absolute atomic E-state index is 0.628. The summed E-state index contributed by atoms with van der Waals surface area (Å²) in [5.74, 6) is 0.628. The van der Waals surface area contributed by atoms with Gasteiger partial charge in [0.2, 0.25) is 0 Å². The fraction of sp³-hybridized carbons (Fsp3) is 0.529. The largest absolute Gasteiger partial charge is 0.312 e. The normalized spacial score (nSPS) is 11.3. The van der Waals surface area contributed by atoms with Gasteiger partial charge in [-0.15, -0.1) is 11.3 Å². The molecule has 4 heteroatoms. The summed E-state index contributed by atoms with van der Waals surface area (Å²) in [5, 5.41) is 4.63. The molecule has 0 saturated heterocycles. The van der Waals surface area contributed by atoms with Crippen LogP contribution in [0.5, 0.6) is 0 Å². The summed E-state index contributed by atoms with van der Waals surface area (Å²) in [6, 6.07) is 2.07. The van der Waals surface area contributed by atoms with Gasteiger partial charge in [-0.1, -0.05) is 20.8 Å². The summed E-state index contributed by atoms with van der Waals surface area (Å²) < 4.78 is 0. The standard InChI is InChI=1S/C17H25N3S/c1-5-7-18-11-16-15(9-12(2)3)20-17(21-16)14-6-8-19-10-13(14)4/h6,8,10,12,18H,5,7,9,11H2,1-4H3. The highest BCUT2D eigenvalue weighted by Gasteiger charge is 2.14. The third kappa shape index (κ3) is 4.35. The molecule has 0 aromatic carbocycles. The van der Waals surface area contributed by atoms with Crippen molar-refractivity contribution in [3.63, 3.8) is 0 Å². The molecule has 0 bridgehead atoms. The zero-order valence-corrected chi connectivity index (χ0v) is 14.3. The van der Waals surface area contributed by atoms with Crippen LogP contribution in [0.3, 0.4) is 0 Å². The van der Waals surface area contributed by atoms with Crippen molar-refractivity contribution in [1.82, 2.24) is 15.3 Å². The molecular weight excluding hydrogens is 278 g/mol. The van der Waals surface area contributed by atoms with Gasteiger partial charge in [-0.3, -0.25) is 4.98 Å². The van der Waals surface area contributed by atoms with Crippen LogP contribution in [0.2, 0.25) is 0 Å². The molecule has 0 unspecified atom stereocenters. The second-order valence-electron chi connectivity index (χ2n) is 5.85. The zero-order chi connectivity index (χ0) is 15.2. The van der Waals surface area contributed by atoms with Crippen LogP contribution in [0.4, 0.5) is 0 Å². The van der Waals surface area contributed by atoms with Crippen molar-refractivity contribution in [3.05, 3.63) is 34.6 Å². The number of rotatable bonds is 7. The Labute approximate surface area is 131 Å². The van der Waals surface area contributed by atoms with Crippen molar-refractivity contribution in [3.8, 4) is 10.6 Å². The minimum Gasteiger partial charge on any atom is -0.312 e. The third-order valence-electron chi connectivity index (χ3n) is 3.34. The highest BCUT2D eigenvalue weighted by atomic mass is 32.1. The van der Waals surface area contributed by atoms with E-state index < -0.39 is 0 Å². The highest BCUT2D eigenvalue weighted by molar-refractivity contribution is 7.15. The van der Waals surface area contributed by atoms with Crippen molar-refractivity contribution in [2.75, 3.05) is 6.54 Å². The lowest BCUT2D eigenvalue weighted by Gasteiger charge is -2.05. The zero-order valence-electron chi connectivity index (χ0n) is 13.4. The predicted octanol–water partition coefficient (Wildman–Crippen LogP) is 4.21. The van der Waals surface area contributed by atoms with Crippen LogP contribution in [0.1, 0.15) is 43.3 Å². The van der Waals surface area contributed by atoms with Gasteiger partial charge >= 0.3 is 0 Å². The van der Waals surface area contributed by atoms with E-state index in [1.54, 1.807) is 0 Å². The number of hydrogen-bond donors (Lipinski definition) is 1. The topological polar surface area (TPSA) is 37.8 Å². The quantitative estimate of drug-likeness (QED) is 0.779. The minimum atomic E-state index is 0.628. The van der Waals surface area contributed by atoms with Gasteiger partial charge < -0.3 is 5.32 Å². The number of aromatic nitrogens is 2. The first-order chi connectivity index (χ1) is 10.1. The number of pyridine rings is 1. The number of nitrogens with zero attached hydrogens (tertiary/aromatic N) is 2. The van der Waals surface area contributed by atoms with Gasteiger partial charge in [0, 0.05) is 29.4 Å². The first-order valence-electron chi connectivity index (χ1n) is 7.72. The van der Waals surface area contributed by atoms with Gasteiger partial charge in [0.1, 0.15) is 5.01 Å². The molecule has 0 fully saturated rings. The lowest BCUT2D eigenvalue weighted by Crippen LogP contribution is -2.14. The molecule has 0 aliphatic rings. The number of aryl methyl sites for hydroxylation is 1. The van der Waals surface area contributed by atoms with Crippen molar-refractivity contribution in [1.29, 1.82) is 0 Å². The van der Waals surface area contributed by atoms with Gasteiger partial charge in [0.15, 0.2) is 0 Å². The SMILES string of the molecule is CCCNCc1sc(-c2ccncc2C)nc1CC(C)C. The van der Waals surface area contributed by atoms with Gasteiger partial charge in [-0.25, -0.2) is 4.98 Å². The molecule has 1 N–H and O–H groups in total. The van der Waals surface area contributed by atoms with Crippen LogP contribution in [0, 0.1) is 12.8 Å². The molecule has 0 aliphatic heterocycles. The molecular formula is C17H25N3S. The Morgan fingerprint density at radius 3 is 2.81 bits per heavy atom. The predicted molar refractivity (Wildman–Crippen MR) is 90.6 cm³/mol. The first-order valence-corrected chi connectivity index (χ1v) is 8.53. The number of hydrogen-bond acceptors (Lipinski definition) is 4. The van der Waals surface area contributed by atoms with E-state index in [2.05, 4.69) is 44.1 Å². The van der Waals surface area contributed by atoms with Crippen LogP contribution in [-0.4, -0.2) is 16.5 Å². The van der Waals surface area contributed by atoms with Gasteiger partial charge in [-0.05, 0) is 43.9 Å². The van der Waals surface area contributed by atoms with Gasteiger partial charge in [0.25, 0.3) is 0 Å². The van der Waals surface area contributed by atoms with Crippen LogP contribution in [0.15, 0.2) is 18.5 Å². The molecule has 114 valence electrons. The summed E-state index contributed by atoms with van der Waals surface area (Å²) in [4.78, 5) is 10.5. The third-order valence-corrected chi connectivity index (χ3v) is 4.47. The Hall–Kier alpha value is -1.26. The first kappa shape index (κ1) is 16.1. The lowest BCUT2D eigenvalue weighted by molar-refractivity contribution is 0.623. The fourth-order valence-corrected chi connectivity index (χ4v) is 3.42. The van der Waals surface area contributed by atoms with E-state index in [-0.39, 0.29) is 0 Å². The van der Waals surface area contributed by atoms with Crippen molar-refractivity contribution in [2.24, 2.45) is 5.92 Å². The molecule has 0 atom stereocenters. The molecule has 0 radical (unpaired) electrons. The molecule has 0 spiro atoms. The van der Waals surface area contributed by atoms with Crippen molar-refractivity contribution < 1.29 is 0 Å². The van der Waals surface area contributed by atoms with E-state index in [1.165, 1.54) is 21.7 Å². The molecule has 0 saturated carbocycles. The number of thiazole rings is 1. The highest BCUT2D eigenvalue weighted by Crippen LogP contribution is 2.31. The maximum Gasteiger partial charge on any atom is 0.124 e. The molecule has 2 heterocycles. The van der Waals surface area contributed by atoms with E-state index >= 15 is 0 Å². The van der Waals surface area contributed by atoms with E-state index in [0.29, 0.717) is 5.92 Å². The Morgan fingerprint density at radius 2 is 2.14 bits per heavy atom. The second-order valence-corrected chi connectivity index (χ2v) is 6.94. The Bertz CT molecular complexity index is 575. The second kappa shape index (κ2) is 7.66. The maximum atomic E-state index is 4.91. The Morgan fingerprint density at radius 1 is 1.33 bits per heavy atom. The van der Waals surface area contributed by atoms with E-state index in [4.69, 9.17) is 4.98 Å². The monoisotopic (exact) mass is 303 g/mol. The Kier molecular flexibility index (Phi) is 5.88. The molecule has 2 aromatic rings. The van der Waals surface area contributed by atoms with Crippen LogP contribution in [-0.2, 0) is 13.0 Å². The molecule has 3 nitrogen and oxygen atoms in total. The van der Waals surface area contributed by atoms with Crippen molar-refractivity contribution >= 4 is 11.3 Å². The van der Waals surface area contributed by atoms with Crippen LogP contribution >= 0.6 is 11.3 Å². The smallest absolute Gasteiger partial charge is 0.124 e. The summed E-state index contributed by atoms with van der Waals surface area (Å²) in [6.45, 7) is 10.8.